The van der Waals surface area contributed by atoms with E-state index in [1.807, 2.05) is 6.07 Å². The quantitative estimate of drug-likeness (QED) is 0.876. The van der Waals surface area contributed by atoms with E-state index in [4.69, 9.17) is 5.11 Å². The van der Waals surface area contributed by atoms with Gasteiger partial charge in [0.1, 0.15) is 11.8 Å². The molecule has 0 saturated heterocycles. The predicted octanol–water partition coefficient (Wildman–Crippen LogP) is 1.97. The summed E-state index contributed by atoms with van der Waals surface area (Å²) in [5.41, 5.74) is 1.04. The number of phenolic OH excluding ortho intramolecular Hbond substituents is 1. The van der Waals surface area contributed by atoms with E-state index < -0.39 is 11.9 Å². The number of rotatable bonds is 4. The molecule has 4 heteroatoms. The van der Waals surface area contributed by atoms with Crippen LogP contribution in [0.25, 0.3) is 0 Å². The lowest BCUT2D eigenvalue weighted by Crippen LogP contribution is -2.29. The molecule has 0 saturated carbocycles. The molecule has 1 atom stereocenters. The first kappa shape index (κ1) is 12.8. The van der Waals surface area contributed by atoms with E-state index in [2.05, 4.69) is 5.32 Å². The number of phenols is 1. The molecule has 1 unspecified atom stereocenters. The normalized spacial score (nSPS) is 11.6. The van der Waals surface area contributed by atoms with Gasteiger partial charge in [-0.1, -0.05) is 30.3 Å². The zero-order valence-corrected chi connectivity index (χ0v) is 10.0. The number of carbonyl (C=O) groups is 1. The van der Waals surface area contributed by atoms with Gasteiger partial charge in [0.25, 0.3) is 5.91 Å². The molecular weight excluding hydrogens is 242 g/mol. The Hall–Kier alpha value is -2.62. The number of hydrogen-bond donors (Lipinski definition) is 2. The molecular formula is C15H12NO3. The van der Waals surface area contributed by atoms with Gasteiger partial charge in [-0.25, -0.2) is 0 Å². The van der Waals surface area contributed by atoms with E-state index in [1.54, 1.807) is 30.6 Å². The van der Waals surface area contributed by atoms with Crippen LogP contribution in [0.15, 0.2) is 54.6 Å². The number of hydrogen-bond acceptors (Lipinski definition) is 3. The standard InChI is InChI=1S/C15H12NO3/c17-10-14(11-4-2-1-3-5-11)16-15(19)12-6-8-13(18)9-7-12/h1-9,14,18H,(H,16,19). The Morgan fingerprint density at radius 2 is 1.68 bits per heavy atom. The van der Waals surface area contributed by atoms with Crippen LogP contribution in [0, 0.1) is 0 Å². The SMILES string of the molecule is O=[C]C(NC(=O)c1ccc(O)cc1)c1ccccc1. The monoisotopic (exact) mass is 254 g/mol. The highest BCUT2D eigenvalue weighted by Gasteiger charge is 2.15. The maximum atomic E-state index is 11.9. The van der Waals surface area contributed by atoms with Crippen molar-refractivity contribution in [2.75, 3.05) is 0 Å². The van der Waals surface area contributed by atoms with E-state index in [-0.39, 0.29) is 5.75 Å². The summed E-state index contributed by atoms with van der Waals surface area (Å²) in [7, 11) is 0. The highest BCUT2D eigenvalue weighted by molar-refractivity contribution is 5.95. The Morgan fingerprint density at radius 3 is 2.26 bits per heavy atom. The van der Waals surface area contributed by atoms with Crippen molar-refractivity contribution in [3.63, 3.8) is 0 Å². The molecule has 0 aliphatic carbocycles. The van der Waals surface area contributed by atoms with Crippen molar-refractivity contribution in [3.8, 4) is 5.75 Å². The smallest absolute Gasteiger partial charge is 0.252 e. The Labute approximate surface area is 110 Å². The highest BCUT2D eigenvalue weighted by atomic mass is 16.3. The Bertz CT molecular complexity index is 564. The van der Waals surface area contributed by atoms with Gasteiger partial charge in [-0.05, 0) is 29.8 Å². The van der Waals surface area contributed by atoms with E-state index >= 15 is 0 Å². The van der Waals surface area contributed by atoms with Crippen molar-refractivity contribution in [2.24, 2.45) is 0 Å². The predicted molar refractivity (Wildman–Crippen MR) is 70.4 cm³/mol. The van der Waals surface area contributed by atoms with Gasteiger partial charge in [-0.3, -0.25) is 9.59 Å². The number of carbonyl (C=O) groups excluding carboxylic acids is 2. The first-order valence-electron chi connectivity index (χ1n) is 5.73. The van der Waals surface area contributed by atoms with Crippen LogP contribution < -0.4 is 5.32 Å². The largest absolute Gasteiger partial charge is 0.508 e. The first-order valence-corrected chi connectivity index (χ1v) is 5.73. The van der Waals surface area contributed by atoms with E-state index in [9.17, 15) is 9.59 Å². The van der Waals surface area contributed by atoms with Gasteiger partial charge < -0.3 is 10.4 Å². The van der Waals surface area contributed by atoms with Crippen LogP contribution >= 0.6 is 0 Å². The van der Waals surface area contributed by atoms with E-state index in [0.29, 0.717) is 11.1 Å². The van der Waals surface area contributed by atoms with Crippen molar-refractivity contribution < 1.29 is 14.7 Å². The third-order valence-corrected chi connectivity index (χ3v) is 2.66. The number of nitrogens with one attached hydrogen (secondary N) is 1. The van der Waals surface area contributed by atoms with Gasteiger partial charge in [0.15, 0.2) is 0 Å². The molecule has 0 fully saturated rings. The molecule has 2 aromatic rings. The lowest BCUT2D eigenvalue weighted by molar-refractivity contribution is 0.0946. The molecule has 4 nitrogen and oxygen atoms in total. The lowest BCUT2D eigenvalue weighted by Gasteiger charge is -2.12. The topological polar surface area (TPSA) is 66.4 Å². The van der Waals surface area contributed by atoms with Crippen LogP contribution in [0.5, 0.6) is 5.75 Å². The molecule has 1 amide bonds. The Balaban J connectivity index is 2.13. The lowest BCUT2D eigenvalue weighted by atomic mass is 10.1. The maximum absolute atomic E-state index is 11.9. The van der Waals surface area contributed by atoms with Gasteiger partial charge in [-0.2, -0.15) is 0 Å². The van der Waals surface area contributed by atoms with E-state index in [0.717, 1.165) is 0 Å². The van der Waals surface area contributed by atoms with Gasteiger partial charge in [0.05, 0.1) is 0 Å². The summed E-state index contributed by atoms with van der Waals surface area (Å²) in [5, 5.41) is 11.7. The molecule has 2 N–H and O–H groups in total. The molecule has 2 aromatic carbocycles. The van der Waals surface area contributed by atoms with Gasteiger partial charge >= 0.3 is 0 Å². The summed E-state index contributed by atoms with van der Waals surface area (Å²) < 4.78 is 0. The van der Waals surface area contributed by atoms with Crippen molar-refractivity contribution >= 4 is 12.2 Å². The summed E-state index contributed by atoms with van der Waals surface area (Å²) >= 11 is 0. The fourth-order valence-electron chi connectivity index (χ4n) is 1.65. The zero-order chi connectivity index (χ0) is 13.7. The average Bonchev–Trinajstić information content (AvgIpc) is 2.46. The first-order chi connectivity index (χ1) is 9.20. The fourth-order valence-corrected chi connectivity index (χ4v) is 1.65. The number of amides is 1. The second kappa shape index (κ2) is 5.82. The van der Waals surface area contributed by atoms with E-state index in [1.165, 1.54) is 24.3 Å². The minimum absolute atomic E-state index is 0.0816. The highest BCUT2D eigenvalue weighted by Crippen LogP contribution is 2.13. The van der Waals surface area contributed by atoms with Crippen molar-refractivity contribution in [3.05, 3.63) is 65.7 Å². The molecule has 0 aromatic heterocycles. The Kier molecular flexibility index (Phi) is 3.93. The molecule has 0 spiro atoms. The molecule has 0 aliphatic heterocycles. The van der Waals surface area contributed by atoms with Crippen LogP contribution in [0.3, 0.4) is 0 Å². The van der Waals surface area contributed by atoms with Gasteiger partial charge in [-0.15, -0.1) is 0 Å². The summed E-state index contributed by atoms with van der Waals surface area (Å²) in [4.78, 5) is 22.9. The van der Waals surface area contributed by atoms with Crippen molar-refractivity contribution in [1.82, 2.24) is 5.32 Å². The minimum Gasteiger partial charge on any atom is -0.508 e. The molecule has 95 valence electrons. The summed E-state index contributed by atoms with van der Waals surface area (Å²) in [6.07, 6.45) is 1.80. The molecule has 0 heterocycles. The van der Waals surface area contributed by atoms with Gasteiger partial charge in [0, 0.05) is 5.56 Å². The van der Waals surface area contributed by atoms with Crippen LogP contribution in [-0.4, -0.2) is 17.3 Å². The summed E-state index contributed by atoms with van der Waals surface area (Å²) in [6, 6.07) is 13.9. The average molecular weight is 254 g/mol. The summed E-state index contributed by atoms with van der Waals surface area (Å²) in [5.74, 6) is -0.310. The molecule has 2 rings (SSSR count). The third kappa shape index (κ3) is 3.19. The van der Waals surface area contributed by atoms with Crippen LogP contribution in [0.1, 0.15) is 22.0 Å². The minimum atomic E-state index is -0.803. The molecule has 0 bridgehead atoms. The zero-order valence-electron chi connectivity index (χ0n) is 10.0. The second-order valence-corrected chi connectivity index (χ2v) is 3.98. The maximum Gasteiger partial charge on any atom is 0.252 e. The van der Waals surface area contributed by atoms with Crippen LogP contribution in [0.4, 0.5) is 0 Å². The van der Waals surface area contributed by atoms with Crippen molar-refractivity contribution in [1.29, 1.82) is 0 Å². The van der Waals surface area contributed by atoms with Crippen LogP contribution in [-0.2, 0) is 4.79 Å². The number of aromatic hydroxyl groups is 1. The third-order valence-electron chi connectivity index (χ3n) is 2.66. The Morgan fingerprint density at radius 1 is 1.05 bits per heavy atom. The molecule has 19 heavy (non-hydrogen) atoms. The van der Waals surface area contributed by atoms with Crippen LogP contribution in [0.2, 0.25) is 0 Å². The molecule has 1 radical (unpaired) electrons. The molecule has 0 aliphatic rings. The summed E-state index contributed by atoms with van der Waals surface area (Å²) in [6.45, 7) is 0. The number of benzene rings is 2. The van der Waals surface area contributed by atoms with Gasteiger partial charge in [0.2, 0.25) is 6.29 Å². The fraction of sp³-hybridized carbons (Fsp3) is 0.0667. The van der Waals surface area contributed by atoms with Crippen molar-refractivity contribution in [2.45, 2.75) is 6.04 Å². The second-order valence-electron chi connectivity index (χ2n) is 3.98.